The average Bonchev–Trinajstić information content (AvgIpc) is 3.01. The van der Waals surface area contributed by atoms with Gasteiger partial charge in [-0.15, -0.1) is 0 Å². The number of hydrogen-bond donors (Lipinski definition) is 1. The highest BCUT2D eigenvalue weighted by Crippen LogP contribution is 2.22. The van der Waals surface area contributed by atoms with Gasteiger partial charge >= 0.3 is 5.97 Å². The third kappa shape index (κ3) is 5.27. The molecule has 1 fully saturated rings. The summed E-state index contributed by atoms with van der Waals surface area (Å²) in [4.78, 5) is 40.5. The van der Waals surface area contributed by atoms with Gasteiger partial charge in [0.05, 0.1) is 19.1 Å². The Balaban J connectivity index is 1.67. The predicted molar refractivity (Wildman–Crippen MR) is 122 cm³/mol. The third-order valence-electron chi connectivity index (χ3n) is 5.17. The monoisotopic (exact) mass is 439 g/mol. The predicted octanol–water partition coefficient (Wildman–Crippen LogP) is 2.86. The van der Waals surface area contributed by atoms with E-state index < -0.39 is 12.0 Å². The van der Waals surface area contributed by atoms with Gasteiger partial charge in [0, 0.05) is 18.8 Å². The Morgan fingerprint density at radius 3 is 2.39 bits per heavy atom. The second kappa shape index (κ2) is 10.2. The van der Waals surface area contributed by atoms with Crippen molar-refractivity contribution in [3.8, 4) is 0 Å². The molecule has 2 amide bonds. The Labute approximate surface area is 187 Å². The largest absolute Gasteiger partial charge is 0.465 e. The number of esters is 1. The van der Waals surface area contributed by atoms with Crippen LogP contribution in [0.4, 0.5) is 5.69 Å². The number of amides is 2. The smallest absolute Gasteiger partial charge is 0.337 e. The molecular weight excluding hydrogens is 414 g/mol. The molecular formula is C23H25N3O4S. The van der Waals surface area contributed by atoms with Gasteiger partial charge < -0.3 is 15.0 Å². The minimum absolute atomic E-state index is 0.0109. The summed E-state index contributed by atoms with van der Waals surface area (Å²) in [6, 6.07) is 15.7. The normalized spacial score (nSPS) is 15.9. The summed E-state index contributed by atoms with van der Waals surface area (Å²) in [6.07, 6.45) is 0.710. The number of anilines is 1. The zero-order chi connectivity index (χ0) is 22.4. The van der Waals surface area contributed by atoms with Crippen molar-refractivity contribution in [3.05, 3.63) is 65.7 Å². The summed E-state index contributed by atoms with van der Waals surface area (Å²) in [6.45, 7) is 2.88. The van der Waals surface area contributed by atoms with E-state index in [1.165, 1.54) is 7.11 Å². The summed E-state index contributed by atoms with van der Waals surface area (Å²) >= 11 is 5.52. The SMILES string of the molecule is CCN1C(=O)[C@H](CC(=O)Nc2ccc(C(=O)OC)cc2)N(CCc2ccccc2)C1=S. The molecule has 0 spiro atoms. The van der Waals surface area contributed by atoms with Gasteiger partial charge in [0.25, 0.3) is 5.91 Å². The van der Waals surface area contributed by atoms with Crippen molar-refractivity contribution in [3.63, 3.8) is 0 Å². The number of hydrogen-bond acceptors (Lipinski definition) is 5. The molecule has 1 aliphatic heterocycles. The maximum atomic E-state index is 12.9. The van der Waals surface area contributed by atoms with Crippen LogP contribution in [-0.4, -0.2) is 58.9 Å². The van der Waals surface area contributed by atoms with Gasteiger partial charge in [-0.05, 0) is 55.4 Å². The lowest BCUT2D eigenvalue weighted by Crippen LogP contribution is -2.39. The number of likely N-dealkylation sites (N-methyl/N-ethyl adjacent to an activating group) is 1. The van der Waals surface area contributed by atoms with Crippen molar-refractivity contribution in [1.82, 2.24) is 9.80 Å². The third-order valence-corrected chi connectivity index (χ3v) is 5.63. The Hall–Kier alpha value is -3.26. The molecule has 31 heavy (non-hydrogen) atoms. The van der Waals surface area contributed by atoms with Gasteiger partial charge in [-0.2, -0.15) is 0 Å². The first-order chi connectivity index (χ1) is 14.9. The van der Waals surface area contributed by atoms with E-state index in [0.717, 1.165) is 12.0 Å². The molecule has 0 saturated carbocycles. The molecule has 0 aliphatic carbocycles. The average molecular weight is 440 g/mol. The van der Waals surface area contributed by atoms with Gasteiger partial charge in [0.2, 0.25) is 5.91 Å². The molecule has 8 heteroatoms. The molecule has 1 saturated heterocycles. The molecule has 162 valence electrons. The van der Waals surface area contributed by atoms with E-state index in [4.69, 9.17) is 12.2 Å². The molecule has 1 N–H and O–H groups in total. The van der Waals surface area contributed by atoms with Gasteiger partial charge in [0.15, 0.2) is 5.11 Å². The Kier molecular flexibility index (Phi) is 7.36. The Morgan fingerprint density at radius 1 is 1.10 bits per heavy atom. The zero-order valence-corrected chi connectivity index (χ0v) is 18.4. The van der Waals surface area contributed by atoms with Crippen molar-refractivity contribution < 1.29 is 19.1 Å². The molecule has 1 heterocycles. The lowest BCUT2D eigenvalue weighted by Gasteiger charge is -2.23. The maximum absolute atomic E-state index is 12.9. The number of carbonyl (C=O) groups excluding carboxylic acids is 3. The number of nitrogens with zero attached hydrogens (tertiary/aromatic N) is 2. The van der Waals surface area contributed by atoms with Crippen LogP contribution in [0.5, 0.6) is 0 Å². The molecule has 7 nitrogen and oxygen atoms in total. The zero-order valence-electron chi connectivity index (χ0n) is 17.5. The van der Waals surface area contributed by atoms with Crippen molar-refractivity contribution in [2.75, 3.05) is 25.5 Å². The lowest BCUT2D eigenvalue weighted by atomic mass is 10.1. The molecule has 0 bridgehead atoms. The van der Waals surface area contributed by atoms with Crippen LogP contribution >= 0.6 is 12.2 Å². The van der Waals surface area contributed by atoms with Crippen molar-refractivity contribution in [2.45, 2.75) is 25.8 Å². The van der Waals surface area contributed by atoms with Gasteiger partial charge in [-0.3, -0.25) is 14.5 Å². The molecule has 0 aromatic heterocycles. The van der Waals surface area contributed by atoms with E-state index in [-0.39, 0.29) is 18.2 Å². The van der Waals surface area contributed by atoms with E-state index in [2.05, 4.69) is 10.1 Å². The van der Waals surface area contributed by atoms with E-state index >= 15 is 0 Å². The summed E-state index contributed by atoms with van der Waals surface area (Å²) in [5, 5.41) is 3.25. The molecule has 3 rings (SSSR count). The van der Waals surface area contributed by atoms with E-state index in [0.29, 0.717) is 29.5 Å². The number of thiocarbonyl (C=S) groups is 1. The molecule has 2 aromatic rings. The number of rotatable bonds is 8. The minimum Gasteiger partial charge on any atom is -0.465 e. The molecule has 2 aromatic carbocycles. The Morgan fingerprint density at radius 2 is 1.77 bits per heavy atom. The fraction of sp³-hybridized carbons (Fsp3) is 0.304. The lowest BCUT2D eigenvalue weighted by molar-refractivity contribution is -0.130. The van der Waals surface area contributed by atoms with Crippen LogP contribution in [0.25, 0.3) is 0 Å². The van der Waals surface area contributed by atoms with Crippen LogP contribution in [0, 0.1) is 0 Å². The second-order valence-electron chi connectivity index (χ2n) is 7.13. The van der Waals surface area contributed by atoms with Crippen molar-refractivity contribution in [2.24, 2.45) is 0 Å². The number of nitrogens with one attached hydrogen (secondary N) is 1. The van der Waals surface area contributed by atoms with E-state index in [9.17, 15) is 14.4 Å². The standard InChI is InChI=1S/C23H25N3O4S/c1-3-25-21(28)19(26(23(25)31)14-13-16-7-5-4-6-8-16)15-20(27)24-18-11-9-17(10-12-18)22(29)30-2/h4-12,19H,3,13-15H2,1-2H3,(H,24,27)/t19-/m0/s1. The van der Waals surface area contributed by atoms with Crippen LogP contribution in [0.1, 0.15) is 29.3 Å². The van der Waals surface area contributed by atoms with E-state index in [1.54, 1.807) is 29.2 Å². The Bertz CT molecular complexity index is 963. The quantitative estimate of drug-likeness (QED) is 0.503. The van der Waals surface area contributed by atoms with Crippen LogP contribution in [0.3, 0.4) is 0 Å². The van der Waals surface area contributed by atoms with Crippen molar-refractivity contribution in [1.29, 1.82) is 0 Å². The molecule has 1 aliphatic rings. The van der Waals surface area contributed by atoms with Crippen LogP contribution in [0.2, 0.25) is 0 Å². The summed E-state index contributed by atoms with van der Waals surface area (Å²) in [5.74, 6) is -0.900. The van der Waals surface area contributed by atoms with Crippen molar-refractivity contribution >= 4 is 40.8 Å². The number of methoxy groups -OCH3 is 1. The van der Waals surface area contributed by atoms with Gasteiger partial charge in [0.1, 0.15) is 6.04 Å². The first kappa shape index (κ1) is 22.4. The van der Waals surface area contributed by atoms with Crippen LogP contribution in [0.15, 0.2) is 54.6 Å². The fourth-order valence-corrected chi connectivity index (χ4v) is 3.96. The minimum atomic E-state index is -0.634. The first-order valence-electron chi connectivity index (χ1n) is 10.1. The molecule has 1 atom stereocenters. The highest BCUT2D eigenvalue weighted by atomic mass is 32.1. The number of benzene rings is 2. The number of carbonyl (C=O) groups is 3. The summed E-state index contributed by atoms with van der Waals surface area (Å²) in [5.41, 5.74) is 2.07. The topological polar surface area (TPSA) is 79.0 Å². The second-order valence-corrected chi connectivity index (χ2v) is 7.50. The highest BCUT2D eigenvalue weighted by molar-refractivity contribution is 7.80. The maximum Gasteiger partial charge on any atom is 0.337 e. The number of ether oxygens (including phenoxy) is 1. The van der Waals surface area contributed by atoms with Gasteiger partial charge in [-0.1, -0.05) is 30.3 Å². The first-order valence-corrected chi connectivity index (χ1v) is 10.5. The fourth-order valence-electron chi connectivity index (χ4n) is 3.53. The van der Waals surface area contributed by atoms with Crippen LogP contribution in [-0.2, 0) is 20.7 Å². The molecule has 0 radical (unpaired) electrons. The summed E-state index contributed by atoms with van der Waals surface area (Å²) < 4.78 is 4.67. The highest BCUT2D eigenvalue weighted by Gasteiger charge is 2.42. The van der Waals surface area contributed by atoms with Crippen LogP contribution < -0.4 is 5.32 Å². The summed E-state index contributed by atoms with van der Waals surface area (Å²) in [7, 11) is 1.31. The van der Waals surface area contributed by atoms with Gasteiger partial charge in [-0.25, -0.2) is 4.79 Å². The van der Waals surface area contributed by atoms with E-state index in [1.807, 2.05) is 42.2 Å². The molecule has 0 unspecified atom stereocenters.